The highest BCUT2D eigenvalue weighted by Crippen LogP contribution is 2.17. The van der Waals surface area contributed by atoms with Crippen LogP contribution in [0.25, 0.3) is 0 Å². The van der Waals surface area contributed by atoms with Crippen LogP contribution in [-0.4, -0.2) is 36.6 Å². The van der Waals surface area contributed by atoms with Gasteiger partial charge >= 0.3 is 5.97 Å². The summed E-state index contributed by atoms with van der Waals surface area (Å²) < 4.78 is 5.62. The molecular formula is C20H41NO2. The van der Waals surface area contributed by atoms with Crippen LogP contribution in [0, 0.1) is 5.92 Å². The van der Waals surface area contributed by atoms with Gasteiger partial charge in [0.15, 0.2) is 0 Å². The van der Waals surface area contributed by atoms with Crippen molar-refractivity contribution in [3.05, 3.63) is 0 Å². The molecule has 0 rings (SSSR count). The molecule has 0 saturated heterocycles. The molecule has 138 valence electrons. The van der Waals surface area contributed by atoms with E-state index < -0.39 is 0 Å². The largest absolute Gasteiger partial charge is 0.465 e. The highest BCUT2D eigenvalue weighted by Gasteiger charge is 2.20. The Hall–Kier alpha value is -0.570. The minimum atomic E-state index is -0.00407. The predicted molar refractivity (Wildman–Crippen MR) is 99.7 cm³/mol. The third-order valence-corrected chi connectivity index (χ3v) is 4.75. The van der Waals surface area contributed by atoms with Crippen molar-refractivity contribution in [2.24, 2.45) is 5.92 Å². The summed E-state index contributed by atoms with van der Waals surface area (Å²) >= 11 is 0. The minimum Gasteiger partial charge on any atom is -0.465 e. The zero-order valence-corrected chi connectivity index (χ0v) is 16.4. The number of rotatable bonds is 15. The van der Waals surface area contributed by atoms with Crippen molar-refractivity contribution < 1.29 is 9.53 Å². The molecule has 0 saturated carbocycles. The first kappa shape index (κ1) is 22.4. The first-order valence-electron chi connectivity index (χ1n) is 10.0. The van der Waals surface area contributed by atoms with E-state index in [2.05, 4.69) is 39.5 Å². The van der Waals surface area contributed by atoms with Crippen LogP contribution in [0.15, 0.2) is 0 Å². The van der Waals surface area contributed by atoms with Crippen molar-refractivity contribution in [2.75, 3.05) is 19.7 Å². The van der Waals surface area contributed by atoms with Crippen molar-refractivity contribution in [1.82, 2.24) is 4.90 Å². The molecule has 0 N–H and O–H groups in total. The smallest absolute Gasteiger partial charge is 0.307 e. The topological polar surface area (TPSA) is 29.5 Å². The maximum absolute atomic E-state index is 12.3. The molecule has 0 aromatic heterocycles. The minimum absolute atomic E-state index is 0.00407. The molecule has 1 atom stereocenters. The van der Waals surface area contributed by atoms with Gasteiger partial charge in [0.2, 0.25) is 0 Å². The lowest BCUT2D eigenvalue weighted by atomic mass is 9.99. The predicted octanol–water partition coefficient (Wildman–Crippen LogP) is 5.43. The summed E-state index contributed by atoms with van der Waals surface area (Å²) in [7, 11) is 0. The lowest BCUT2D eigenvalue weighted by Crippen LogP contribution is -2.37. The lowest BCUT2D eigenvalue weighted by Gasteiger charge is -2.29. The number of hydrogen-bond donors (Lipinski definition) is 0. The summed E-state index contributed by atoms with van der Waals surface area (Å²) in [4.78, 5) is 14.7. The average molecular weight is 328 g/mol. The number of carbonyl (C=O) groups excluding carboxylic acids is 1. The molecule has 0 spiro atoms. The number of ether oxygens (including phenoxy) is 1. The SMILES string of the molecule is CCCCCC(CC(=O)OCC(CCC)CCC)N(CC)CC. The van der Waals surface area contributed by atoms with Crippen LogP contribution in [0.2, 0.25) is 0 Å². The van der Waals surface area contributed by atoms with Crippen LogP contribution in [0.3, 0.4) is 0 Å². The van der Waals surface area contributed by atoms with Gasteiger partial charge in [-0.3, -0.25) is 4.79 Å². The van der Waals surface area contributed by atoms with E-state index in [-0.39, 0.29) is 5.97 Å². The van der Waals surface area contributed by atoms with E-state index in [9.17, 15) is 4.79 Å². The molecule has 23 heavy (non-hydrogen) atoms. The van der Waals surface area contributed by atoms with E-state index in [1.165, 1.54) is 32.1 Å². The van der Waals surface area contributed by atoms with Crippen molar-refractivity contribution in [2.45, 2.75) is 98.4 Å². The van der Waals surface area contributed by atoms with Crippen LogP contribution in [0.1, 0.15) is 92.4 Å². The monoisotopic (exact) mass is 327 g/mol. The van der Waals surface area contributed by atoms with Crippen LogP contribution in [0.4, 0.5) is 0 Å². The molecule has 0 aromatic carbocycles. The third kappa shape index (κ3) is 10.8. The molecule has 0 fully saturated rings. The molecule has 0 aliphatic rings. The first-order valence-corrected chi connectivity index (χ1v) is 10.0. The zero-order valence-electron chi connectivity index (χ0n) is 16.4. The van der Waals surface area contributed by atoms with Crippen LogP contribution in [-0.2, 0) is 9.53 Å². The summed E-state index contributed by atoms with van der Waals surface area (Å²) in [6.45, 7) is 13.6. The second kappa shape index (κ2) is 15.0. The first-order chi connectivity index (χ1) is 11.1. The fourth-order valence-electron chi connectivity index (χ4n) is 3.37. The number of carbonyl (C=O) groups is 1. The normalized spacial score (nSPS) is 12.8. The van der Waals surface area contributed by atoms with Gasteiger partial charge in [-0.2, -0.15) is 0 Å². The van der Waals surface area contributed by atoms with E-state index in [0.29, 0.717) is 25.0 Å². The maximum Gasteiger partial charge on any atom is 0.307 e. The Morgan fingerprint density at radius 2 is 1.48 bits per heavy atom. The van der Waals surface area contributed by atoms with Gasteiger partial charge < -0.3 is 9.64 Å². The summed E-state index contributed by atoms with van der Waals surface area (Å²) in [5.74, 6) is 0.538. The van der Waals surface area contributed by atoms with E-state index >= 15 is 0 Å². The van der Waals surface area contributed by atoms with Gasteiger partial charge in [0, 0.05) is 6.04 Å². The van der Waals surface area contributed by atoms with Gasteiger partial charge in [-0.05, 0) is 38.3 Å². The fraction of sp³-hybridized carbons (Fsp3) is 0.950. The van der Waals surface area contributed by atoms with Crippen LogP contribution in [0.5, 0.6) is 0 Å². The number of hydrogen-bond acceptors (Lipinski definition) is 3. The van der Waals surface area contributed by atoms with Crippen molar-refractivity contribution in [3.63, 3.8) is 0 Å². The van der Waals surface area contributed by atoms with E-state index in [0.717, 1.165) is 32.4 Å². The molecule has 0 aromatic rings. The second-order valence-electron chi connectivity index (χ2n) is 6.70. The molecule has 0 bridgehead atoms. The van der Waals surface area contributed by atoms with Gasteiger partial charge in [-0.15, -0.1) is 0 Å². The quantitative estimate of drug-likeness (QED) is 0.297. The van der Waals surface area contributed by atoms with Gasteiger partial charge in [0.05, 0.1) is 13.0 Å². The average Bonchev–Trinajstić information content (AvgIpc) is 2.54. The lowest BCUT2D eigenvalue weighted by molar-refractivity contribution is -0.146. The molecule has 1 unspecified atom stereocenters. The van der Waals surface area contributed by atoms with E-state index in [1.54, 1.807) is 0 Å². The second-order valence-corrected chi connectivity index (χ2v) is 6.70. The summed E-state index contributed by atoms with van der Waals surface area (Å²) in [5.41, 5.74) is 0. The Morgan fingerprint density at radius 3 is 1.96 bits per heavy atom. The third-order valence-electron chi connectivity index (χ3n) is 4.75. The molecule has 3 nitrogen and oxygen atoms in total. The van der Waals surface area contributed by atoms with Gasteiger partial charge in [0.1, 0.15) is 0 Å². The highest BCUT2D eigenvalue weighted by molar-refractivity contribution is 5.70. The summed E-state index contributed by atoms with van der Waals surface area (Å²) in [5, 5.41) is 0. The summed E-state index contributed by atoms with van der Waals surface area (Å²) in [6.07, 6.45) is 10.0. The van der Waals surface area contributed by atoms with Gasteiger partial charge in [-0.1, -0.05) is 66.7 Å². The standard InChI is InChI=1S/C20H41NO2/c1-6-11-12-15-19(21(9-4)10-5)16-20(22)23-17-18(13-7-2)14-8-3/h18-19H,6-17H2,1-5H3. The molecule has 0 aliphatic heterocycles. The van der Waals surface area contributed by atoms with Gasteiger partial charge in [-0.25, -0.2) is 0 Å². The Kier molecular flexibility index (Phi) is 14.6. The molecule has 3 heteroatoms. The number of esters is 1. The molecule has 0 amide bonds. The van der Waals surface area contributed by atoms with Crippen molar-refractivity contribution in [3.8, 4) is 0 Å². The Morgan fingerprint density at radius 1 is 0.870 bits per heavy atom. The molecular weight excluding hydrogens is 286 g/mol. The molecule has 0 radical (unpaired) electrons. The van der Waals surface area contributed by atoms with E-state index in [1.807, 2.05) is 0 Å². The Balaban J connectivity index is 4.38. The molecule has 0 heterocycles. The van der Waals surface area contributed by atoms with Crippen LogP contribution >= 0.6 is 0 Å². The van der Waals surface area contributed by atoms with Crippen molar-refractivity contribution >= 4 is 5.97 Å². The number of unbranched alkanes of at least 4 members (excludes halogenated alkanes) is 2. The highest BCUT2D eigenvalue weighted by atomic mass is 16.5. The van der Waals surface area contributed by atoms with Crippen LogP contribution < -0.4 is 0 Å². The zero-order chi connectivity index (χ0) is 17.5. The molecule has 0 aliphatic carbocycles. The number of nitrogens with zero attached hydrogens (tertiary/aromatic N) is 1. The fourth-order valence-corrected chi connectivity index (χ4v) is 3.37. The Bertz CT molecular complexity index is 271. The van der Waals surface area contributed by atoms with Crippen molar-refractivity contribution in [1.29, 1.82) is 0 Å². The van der Waals surface area contributed by atoms with Gasteiger partial charge in [0.25, 0.3) is 0 Å². The van der Waals surface area contributed by atoms with E-state index in [4.69, 9.17) is 4.74 Å². The Labute approximate surface area is 145 Å². The summed E-state index contributed by atoms with van der Waals surface area (Å²) in [6, 6.07) is 0.347. The maximum atomic E-state index is 12.3.